The minimum atomic E-state index is -0.205. The Bertz CT molecular complexity index is 672. The molecule has 6 heteroatoms. The van der Waals surface area contributed by atoms with E-state index in [1.165, 1.54) is 6.33 Å². The molecule has 1 aromatic carbocycles. The summed E-state index contributed by atoms with van der Waals surface area (Å²) in [5, 5.41) is 6.17. The maximum atomic E-state index is 12.2. The minimum Gasteiger partial charge on any atom is -0.376 e. The highest BCUT2D eigenvalue weighted by atomic mass is 16.5. The van der Waals surface area contributed by atoms with E-state index in [-0.39, 0.29) is 18.1 Å². The number of anilines is 1. The summed E-state index contributed by atoms with van der Waals surface area (Å²) in [5.74, 6) is 0.423. The molecule has 2 heterocycles. The lowest BCUT2D eigenvalue weighted by Crippen LogP contribution is -2.32. The van der Waals surface area contributed by atoms with Crippen molar-refractivity contribution in [2.75, 3.05) is 18.5 Å². The van der Waals surface area contributed by atoms with Gasteiger partial charge >= 0.3 is 0 Å². The van der Waals surface area contributed by atoms with Crippen LogP contribution in [0.5, 0.6) is 0 Å². The van der Waals surface area contributed by atoms with Gasteiger partial charge in [-0.2, -0.15) is 0 Å². The van der Waals surface area contributed by atoms with Crippen LogP contribution in [0.4, 0.5) is 5.82 Å². The Morgan fingerprint density at radius 3 is 2.92 bits per heavy atom. The van der Waals surface area contributed by atoms with E-state index in [1.807, 2.05) is 30.3 Å². The van der Waals surface area contributed by atoms with E-state index in [1.54, 1.807) is 6.07 Å². The van der Waals surface area contributed by atoms with Crippen molar-refractivity contribution in [3.8, 4) is 0 Å². The van der Waals surface area contributed by atoms with Crippen LogP contribution in [0.25, 0.3) is 0 Å². The molecule has 0 saturated carbocycles. The molecule has 0 bridgehead atoms. The molecule has 1 aliphatic rings. The van der Waals surface area contributed by atoms with Crippen LogP contribution in [0.2, 0.25) is 0 Å². The van der Waals surface area contributed by atoms with E-state index in [0.29, 0.717) is 18.1 Å². The second-order valence-corrected chi connectivity index (χ2v) is 5.91. The van der Waals surface area contributed by atoms with Gasteiger partial charge < -0.3 is 15.4 Å². The highest BCUT2D eigenvalue weighted by molar-refractivity contribution is 5.92. The van der Waals surface area contributed by atoms with Crippen LogP contribution in [-0.2, 0) is 4.74 Å². The van der Waals surface area contributed by atoms with Crippen molar-refractivity contribution in [3.05, 3.63) is 54.0 Å². The van der Waals surface area contributed by atoms with Gasteiger partial charge in [-0.15, -0.1) is 0 Å². The molecule has 2 unspecified atom stereocenters. The van der Waals surface area contributed by atoms with Crippen molar-refractivity contribution >= 4 is 11.7 Å². The lowest BCUT2D eigenvalue weighted by Gasteiger charge is -2.15. The molecule has 0 radical (unpaired) electrons. The first-order valence-corrected chi connectivity index (χ1v) is 8.25. The molecule has 2 atom stereocenters. The number of carbonyl (C=O) groups is 1. The van der Waals surface area contributed by atoms with Gasteiger partial charge in [-0.1, -0.05) is 30.3 Å². The van der Waals surface area contributed by atoms with Crippen molar-refractivity contribution < 1.29 is 9.53 Å². The molecule has 2 N–H and O–H groups in total. The lowest BCUT2D eigenvalue weighted by atomic mass is 10.1. The Balaban J connectivity index is 1.59. The molecular formula is C18H22N4O2. The molecule has 1 aromatic heterocycles. The molecule has 1 amide bonds. The zero-order chi connectivity index (χ0) is 16.8. The summed E-state index contributed by atoms with van der Waals surface area (Å²) in [7, 11) is 0. The molecule has 24 heavy (non-hydrogen) atoms. The van der Waals surface area contributed by atoms with E-state index in [9.17, 15) is 4.79 Å². The summed E-state index contributed by atoms with van der Waals surface area (Å²) in [6, 6.07) is 11.8. The Morgan fingerprint density at radius 1 is 1.33 bits per heavy atom. The number of hydrogen-bond donors (Lipinski definition) is 2. The minimum absolute atomic E-state index is 0.0869. The van der Waals surface area contributed by atoms with E-state index in [2.05, 4.69) is 27.5 Å². The van der Waals surface area contributed by atoms with Crippen molar-refractivity contribution in [2.45, 2.75) is 31.9 Å². The van der Waals surface area contributed by atoms with Gasteiger partial charge in [0.1, 0.15) is 17.8 Å². The zero-order valence-electron chi connectivity index (χ0n) is 13.7. The Hall–Kier alpha value is -2.47. The summed E-state index contributed by atoms with van der Waals surface area (Å²) in [4.78, 5) is 20.5. The second kappa shape index (κ2) is 7.88. The Kier molecular flexibility index (Phi) is 5.38. The zero-order valence-corrected chi connectivity index (χ0v) is 13.7. The third-order valence-corrected chi connectivity index (χ3v) is 4.08. The maximum absolute atomic E-state index is 12.2. The van der Waals surface area contributed by atoms with Gasteiger partial charge in [-0.3, -0.25) is 4.79 Å². The van der Waals surface area contributed by atoms with Crippen molar-refractivity contribution in [1.82, 2.24) is 15.3 Å². The number of ether oxygens (including phenoxy) is 1. The van der Waals surface area contributed by atoms with Crippen LogP contribution in [0.1, 0.15) is 41.9 Å². The summed E-state index contributed by atoms with van der Waals surface area (Å²) in [6.45, 7) is 3.35. The first-order valence-electron chi connectivity index (χ1n) is 8.25. The van der Waals surface area contributed by atoms with Gasteiger partial charge in [0.05, 0.1) is 6.10 Å². The molecule has 2 aromatic rings. The highest BCUT2D eigenvalue weighted by Crippen LogP contribution is 2.17. The maximum Gasteiger partial charge on any atom is 0.270 e. The van der Waals surface area contributed by atoms with Crippen LogP contribution in [0.3, 0.4) is 0 Å². The quantitative estimate of drug-likeness (QED) is 0.853. The summed E-state index contributed by atoms with van der Waals surface area (Å²) in [5.41, 5.74) is 1.51. The van der Waals surface area contributed by atoms with E-state index in [0.717, 1.165) is 25.0 Å². The summed E-state index contributed by atoms with van der Waals surface area (Å²) in [6.07, 6.45) is 3.57. The largest absolute Gasteiger partial charge is 0.376 e. The number of carbonyl (C=O) groups excluding carboxylic acids is 1. The highest BCUT2D eigenvalue weighted by Gasteiger charge is 2.17. The predicted molar refractivity (Wildman–Crippen MR) is 91.8 cm³/mol. The fraction of sp³-hybridized carbons (Fsp3) is 0.389. The number of aromatic nitrogens is 2. The topological polar surface area (TPSA) is 76.1 Å². The Labute approximate surface area is 141 Å². The third kappa shape index (κ3) is 4.29. The van der Waals surface area contributed by atoms with E-state index >= 15 is 0 Å². The standard InChI is InChI=1S/C18H22N4O2/c1-13(14-6-3-2-4-7-14)22-17-10-16(20-12-21-17)18(23)19-11-15-8-5-9-24-15/h2-4,6-7,10,12-13,15H,5,8-9,11H2,1H3,(H,19,23)(H,20,21,22). The number of hydrogen-bond acceptors (Lipinski definition) is 5. The van der Waals surface area contributed by atoms with Crippen LogP contribution < -0.4 is 10.6 Å². The monoisotopic (exact) mass is 326 g/mol. The van der Waals surface area contributed by atoms with E-state index in [4.69, 9.17) is 4.74 Å². The molecule has 1 aliphatic heterocycles. The molecule has 1 saturated heterocycles. The smallest absolute Gasteiger partial charge is 0.270 e. The number of nitrogens with one attached hydrogen (secondary N) is 2. The SMILES string of the molecule is CC(Nc1cc(C(=O)NCC2CCCO2)ncn1)c1ccccc1. The van der Waals surface area contributed by atoms with Gasteiger partial charge in [0.2, 0.25) is 0 Å². The first-order chi connectivity index (χ1) is 11.7. The number of benzene rings is 1. The summed E-state index contributed by atoms with van der Waals surface area (Å²) >= 11 is 0. The van der Waals surface area contributed by atoms with Crippen molar-refractivity contribution in [2.24, 2.45) is 0 Å². The molecule has 126 valence electrons. The molecule has 6 nitrogen and oxygen atoms in total. The molecule has 1 fully saturated rings. The average Bonchev–Trinajstić information content (AvgIpc) is 3.14. The van der Waals surface area contributed by atoms with E-state index < -0.39 is 0 Å². The van der Waals surface area contributed by atoms with Crippen molar-refractivity contribution in [3.63, 3.8) is 0 Å². The lowest BCUT2D eigenvalue weighted by molar-refractivity contribution is 0.0853. The second-order valence-electron chi connectivity index (χ2n) is 5.91. The van der Waals surface area contributed by atoms with Crippen molar-refractivity contribution in [1.29, 1.82) is 0 Å². The van der Waals surface area contributed by atoms with Crippen LogP contribution in [-0.4, -0.2) is 35.1 Å². The molecule has 0 spiro atoms. The average molecular weight is 326 g/mol. The molecular weight excluding hydrogens is 304 g/mol. The fourth-order valence-electron chi connectivity index (χ4n) is 2.71. The molecule has 3 rings (SSSR count). The van der Waals surface area contributed by atoms with Gasteiger partial charge in [-0.05, 0) is 25.3 Å². The normalized spacial score (nSPS) is 18.1. The Morgan fingerprint density at radius 2 is 2.17 bits per heavy atom. The van der Waals surface area contributed by atoms with Crippen LogP contribution >= 0.6 is 0 Å². The fourth-order valence-corrected chi connectivity index (χ4v) is 2.71. The van der Waals surface area contributed by atoms with Gasteiger partial charge in [-0.25, -0.2) is 9.97 Å². The third-order valence-electron chi connectivity index (χ3n) is 4.08. The van der Waals surface area contributed by atoms with Crippen LogP contribution in [0.15, 0.2) is 42.7 Å². The van der Waals surface area contributed by atoms with Gasteiger partial charge in [0.15, 0.2) is 0 Å². The predicted octanol–water partition coefficient (Wildman–Crippen LogP) is 2.56. The molecule has 0 aliphatic carbocycles. The first kappa shape index (κ1) is 16.4. The van der Waals surface area contributed by atoms with Gasteiger partial charge in [0, 0.05) is 25.3 Å². The van der Waals surface area contributed by atoms with Gasteiger partial charge in [0.25, 0.3) is 5.91 Å². The van der Waals surface area contributed by atoms with Crippen LogP contribution in [0, 0.1) is 0 Å². The number of amides is 1. The number of nitrogens with zero attached hydrogens (tertiary/aromatic N) is 2. The number of rotatable bonds is 6. The summed E-state index contributed by atoms with van der Waals surface area (Å²) < 4.78 is 5.50.